The van der Waals surface area contributed by atoms with Gasteiger partial charge in [0.15, 0.2) is 11.9 Å². The standard InChI is InChI=1S/C20H23NO5/c1-10-7-8-16(25-6)15(9-10)20(24)26-14(5)19(23)18-11(2)17(13(4)22)12(3)21-18/h7-9,14,21H,1-6H3/t14-/m1/s1. The Morgan fingerprint density at radius 3 is 2.31 bits per heavy atom. The number of ether oxygens (including phenoxy) is 2. The zero-order valence-electron chi connectivity index (χ0n) is 15.9. The van der Waals surface area contributed by atoms with E-state index in [-0.39, 0.29) is 17.0 Å². The Balaban J connectivity index is 2.25. The number of ketones is 2. The summed E-state index contributed by atoms with van der Waals surface area (Å²) in [6.07, 6.45) is -1.01. The van der Waals surface area contributed by atoms with Gasteiger partial charge in [0.2, 0.25) is 5.78 Å². The fourth-order valence-electron chi connectivity index (χ4n) is 2.99. The molecule has 0 fully saturated rings. The quantitative estimate of drug-likeness (QED) is 0.631. The molecule has 0 bridgehead atoms. The zero-order valence-corrected chi connectivity index (χ0v) is 15.9. The average Bonchev–Trinajstić information content (AvgIpc) is 2.88. The molecule has 0 saturated heterocycles. The van der Waals surface area contributed by atoms with Gasteiger partial charge >= 0.3 is 5.97 Å². The first-order valence-electron chi connectivity index (χ1n) is 8.27. The monoisotopic (exact) mass is 357 g/mol. The van der Waals surface area contributed by atoms with Crippen LogP contribution in [-0.2, 0) is 4.74 Å². The van der Waals surface area contributed by atoms with Crippen molar-refractivity contribution in [2.24, 2.45) is 0 Å². The van der Waals surface area contributed by atoms with Crippen molar-refractivity contribution in [2.45, 2.75) is 40.7 Å². The van der Waals surface area contributed by atoms with Crippen molar-refractivity contribution >= 4 is 17.5 Å². The summed E-state index contributed by atoms with van der Waals surface area (Å²) >= 11 is 0. The molecule has 1 aromatic carbocycles. The van der Waals surface area contributed by atoms with Gasteiger partial charge in [0.25, 0.3) is 0 Å². The number of aryl methyl sites for hydroxylation is 2. The van der Waals surface area contributed by atoms with Crippen molar-refractivity contribution < 1.29 is 23.9 Å². The van der Waals surface area contributed by atoms with Crippen molar-refractivity contribution in [3.8, 4) is 5.75 Å². The molecule has 26 heavy (non-hydrogen) atoms. The Bertz CT molecular complexity index is 879. The van der Waals surface area contributed by atoms with Crippen LogP contribution in [0, 0.1) is 20.8 Å². The number of esters is 1. The van der Waals surface area contributed by atoms with Crippen molar-refractivity contribution in [1.82, 2.24) is 4.98 Å². The molecule has 0 saturated carbocycles. The Hall–Kier alpha value is -2.89. The van der Waals surface area contributed by atoms with Gasteiger partial charge in [-0.1, -0.05) is 11.6 Å². The number of hydrogen-bond acceptors (Lipinski definition) is 5. The van der Waals surface area contributed by atoms with Crippen LogP contribution in [0.25, 0.3) is 0 Å². The molecule has 0 spiro atoms. The first kappa shape index (κ1) is 19.4. The summed E-state index contributed by atoms with van der Waals surface area (Å²) in [6.45, 7) is 8.23. The maximum Gasteiger partial charge on any atom is 0.342 e. The van der Waals surface area contributed by atoms with E-state index in [2.05, 4.69) is 4.98 Å². The molecule has 6 heteroatoms. The molecule has 0 aliphatic rings. The zero-order chi connectivity index (χ0) is 19.6. The molecule has 0 aliphatic heterocycles. The number of carbonyl (C=O) groups is 3. The normalized spacial score (nSPS) is 11.8. The van der Waals surface area contributed by atoms with Gasteiger partial charge in [-0.15, -0.1) is 0 Å². The van der Waals surface area contributed by atoms with E-state index < -0.39 is 17.9 Å². The molecule has 1 aromatic heterocycles. The number of benzene rings is 1. The minimum atomic E-state index is -1.01. The minimum Gasteiger partial charge on any atom is -0.496 e. The molecule has 138 valence electrons. The van der Waals surface area contributed by atoms with E-state index in [9.17, 15) is 14.4 Å². The van der Waals surface area contributed by atoms with E-state index in [4.69, 9.17) is 9.47 Å². The number of H-pyrrole nitrogens is 1. The van der Waals surface area contributed by atoms with Crippen LogP contribution in [0.4, 0.5) is 0 Å². The number of rotatable bonds is 6. The molecule has 1 N–H and O–H groups in total. The third kappa shape index (κ3) is 3.69. The highest BCUT2D eigenvalue weighted by molar-refractivity contribution is 6.05. The van der Waals surface area contributed by atoms with Crippen LogP contribution in [0.1, 0.15) is 61.9 Å². The number of methoxy groups -OCH3 is 1. The molecule has 1 heterocycles. The van der Waals surface area contributed by atoms with Gasteiger partial charge in [-0.2, -0.15) is 0 Å². The summed E-state index contributed by atoms with van der Waals surface area (Å²) in [5, 5.41) is 0. The Kier molecular flexibility index (Phi) is 5.65. The van der Waals surface area contributed by atoms with Crippen LogP contribution in [0.5, 0.6) is 5.75 Å². The summed E-state index contributed by atoms with van der Waals surface area (Å²) in [4.78, 5) is 39.8. The van der Waals surface area contributed by atoms with E-state index >= 15 is 0 Å². The first-order chi connectivity index (χ1) is 12.2. The number of hydrogen-bond donors (Lipinski definition) is 1. The number of aromatic amines is 1. The topological polar surface area (TPSA) is 85.5 Å². The first-order valence-corrected chi connectivity index (χ1v) is 8.27. The lowest BCUT2D eigenvalue weighted by molar-refractivity contribution is 0.0314. The minimum absolute atomic E-state index is 0.121. The Morgan fingerprint density at radius 1 is 1.12 bits per heavy atom. The number of Topliss-reactive ketones (excluding diaryl/α,β-unsaturated/α-hetero) is 2. The highest BCUT2D eigenvalue weighted by Crippen LogP contribution is 2.23. The maximum atomic E-state index is 12.7. The van der Waals surface area contributed by atoms with Crippen LogP contribution in [0.15, 0.2) is 18.2 Å². The van der Waals surface area contributed by atoms with Crippen molar-refractivity contribution in [1.29, 1.82) is 0 Å². The lowest BCUT2D eigenvalue weighted by Gasteiger charge is -2.14. The SMILES string of the molecule is COc1ccc(C)cc1C(=O)O[C@H](C)C(=O)c1[nH]c(C)c(C(C)=O)c1C. The van der Waals surface area contributed by atoms with Gasteiger partial charge in [0.1, 0.15) is 11.3 Å². The van der Waals surface area contributed by atoms with Crippen molar-refractivity contribution in [2.75, 3.05) is 7.11 Å². The fraction of sp³-hybridized carbons (Fsp3) is 0.350. The van der Waals surface area contributed by atoms with E-state index in [0.29, 0.717) is 22.6 Å². The van der Waals surface area contributed by atoms with Crippen LogP contribution in [0.3, 0.4) is 0 Å². The van der Waals surface area contributed by atoms with E-state index in [1.54, 1.807) is 26.0 Å². The van der Waals surface area contributed by atoms with Gasteiger partial charge in [0.05, 0.1) is 12.8 Å². The molecule has 2 aromatic rings. The second-order valence-electron chi connectivity index (χ2n) is 6.30. The van der Waals surface area contributed by atoms with Crippen LogP contribution in [-0.4, -0.2) is 35.7 Å². The second kappa shape index (κ2) is 7.56. The molecular weight excluding hydrogens is 334 g/mol. The molecule has 1 atom stereocenters. The highest BCUT2D eigenvalue weighted by atomic mass is 16.5. The molecule has 0 amide bonds. The molecule has 0 unspecified atom stereocenters. The second-order valence-corrected chi connectivity index (χ2v) is 6.30. The predicted octanol–water partition coefficient (Wildman–Crippen LogP) is 3.58. The molecule has 0 radical (unpaired) electrons. The summed E-state index contributed by atoms with van der Waals surface area (Å²) in [5.74, 6) is -0.771. The number of aromatic nitrogens is 1. The largest absolute Gasteiger partial charge is 0.496 e. The Morgan fingerprint density at radius 2 is 1.77 bits per heavy atom. The van der Waals surface area contributed by atoms with Gasteiger partial charge in [-0.25, -0.2) is 4.79 Å². The van der Waals surface area contributed by atoms with Crippen molar-refractivity contribution in [3.63, 3.8) is 0 Å². The maximum absolute atomic E-state index is 12.7. The van der Waals surface area contributed by atoms with Gasteiger partial charge in [-0.05, 0) is 52.3 Å². The predicted molar refractivity (Wildman–Crippen MR) is 97.2 cm³/mol. The van der Waals surface area contributed by atoms with Gasteiger partial charge in [0, 0.05) is 11.3 Å². The summed E-state index contributed by atoms with van der Waals surface area (Å²) in [5.41, 5.74) is 3.10. The molecular formula is C20H23NO5. The van der Waals surface area contributed by atoms with Crippen LogP contribution >= 0.6 is 0 Å². The van der Waals surface area contributed by atoms with Gasteiger partial charge in [-0.3, -0.25) is 9.59 Å². The molecule has 2 rings (SSSR count). The summed E-state index contributed by atoms with van der Waals surface area (Å²) < 4.78 is 10.5. The average molecular weight is 357 g/mol. The number of nitrogens with one attached hydrogen (secondary N) is 1. The lowest BCUT2D eigenvalue weighted by Crippen LogP contribution is -2.25. The molecule has 0 aliphatic carbocycles. The van der Waals surface area contributed by atoms with E-state index in [1.165, 1.54) is 21.0 Å². The van der Waals surface area contributed by atoms with Crippen LogP contribution in [0.2, 0.25) is 0 Å². The van der Waals surface area contributed by atoms with Crippen molar-refractivity contribution in [3.05, 3.63) is 51.8 Å². The van der Waals surface area contributed by atoms with Gasteiger partial charge < -0.3 is 14.5 Å². The van der Waals surface area contributed by atoms with E-state index in [0.717, 1.165) is 5.56 Å². The summed E-state index contributed by atoms with van der Waals surface area (Å²) in [6, 6.07) is 5.14. The van der Waals surface area contributed by atoms with E-state index in [1.807, 2.05) is 13.0 Å². The van der Waals surface area contributed by atoms with Crippen LogP contribution < -0.4 is 4.74 Å². The smallest absolute Gasteiger partial charge is 0.342 e. The fourth-order valence-corrected chi connectivity index (χ4v) is 2.99. The number of carbonyl (C=O) groups excluding carboxylic acids is 3. The highest BCUT2D eigenvalue weighted by Gasteiger charge is 2.27. The lowest BCUT2D eigenvalue weighted by atomic mass is 10.0. The third-order valence-corrected chi connectivity index (χ3v) is 4.26. The Labute approximate surface area is 152 Å². The third-order valence-electron chi connectivity index (χ3n) is 4.26. The summed E-state index contributed by atoms with van der Waals surface area (Å²) in [7, 11) is 1.46. The molecule has 6 nitrogen and oxygen atoms in total.